The number of hydrogen-bond acceptors (Lipinski definition) is 4. The van der Waals surface area contributed by atoms with Crippen LogP contribution in [-0.2, 0) is 9.84 Å². The maximum absolute atomic E-state index is 12.4. The number of carbonyl (C=O) groups is 1. The van der Waals surface area contributed by atoms with Crippen molar-refractivity contribution in [2.45, 2.75) is 37.4 Å². The summed E-state index contributed by atoms with van der Waals surface area (Å²) in [5.74, 6) is 0.191. The van der Waals surface area contributed by atoms with Gasteiger partial charge in [-0.25, -0.2) is 8.42 Å². The van der Waals surface area contributed by atoms with Crippen LogP contribution >= 0.6 is 0 Å². The summed E-state index contributed by atoms with van der Waals surface area (Å²) in [5.41, 5.74) is 10.1. The van der Waals surface area contributed by atoms with E-state index in [1.165, 1.54) is 0 Å². The molecule has 0 spiro atoms. The topological polar surface area (TPSA) is 89.3 Å². The SMILES string of the molecule is CC1(C)CC(C2CNc3c(C(N)=O)cc(-c4ccccc4)cc32)CCS1(=O)=O. The Morgan fingerprint density at radius 2 is 1.86 bits per heavy atom. The third-order valence-corrected chi connectivity index (χ3v) is 8.99. The summed E-state index contributed by atoms with van der Waals surface area (Å²) in [6, 6.07) is 13.9. The zero-order valence-corrected chi connectivity index (χ0v) is 17.1. The van der Waals surface area contributed by atoms with Crippen LogP contribution in [0.4, 0.5) is 5.69 Å². The Morgan fingerprint density at radius 1 is 1.14 bits per heavy atom. The van der Waals surface area contributed by atoms with Crippen LogP contribution in [0.1, 0.15) is 48.5 Å². The molecule has 2 aliphatic heterocycles. The molecule has 2 aliphatic rings. The second-order valence-corrected chi connectivity index (χ2v) is 11.3. The first-order valence-corrected chi connectivity index (χ1v) is 11.3. The second-order valence-electron chi connectivity index (χ2n) is 8.54. The van der Waals surface area contributed by atoms with E-state index in [0.717, 1.165) is 22.4 Å². The smallest absolute Gasteiger partial charge is 0.250 e. The lowest BCUT2D eigenvalue weighted by Crippen LogP contribution is -2.42. The quantitative estimate of drug-likeness (QED) is 0.827. The van der Waals surface area contributed by atoms with Crippen molar-refractivity contribution in [1.29, 1.82) is 0 Å². The van der Waals surface area contributed by atoms with Crippen LogP contribution in [0.25, 0.3) is 11.1 Å². The first kappa shape index (κ1) is 19.0. The van der Waals surface area contributed by atoms with E-state index in [2.05, 4.69) is 11.4 Å². The van der Waals surface area contributed by atoms with E-state index in [0.29, 0.717) is 24.9 Å². The fourth-order valence-electron chi connectivity index (χ4n) is 4.68. The summed E-state index contributed by atoms with van der Waals surface area (Å²) in [7, 11) is -3.07. The maximum atomic E-state index is 12.4. The van der Waals surface area contributed by atoms with E-state index in [1.54, 1.807) is 0 Å². The largest absolute Gasteiger partial charge is 0.384 e. The number of anilines is 1. The van der Waals surface area contributed by atoms with Gasteiger partial charge in [-0.05, 0) is 61.4 Å². The number of benzene rings is 2. The summed E-state index contributed by atoms with van der Waals surface area (Å²) in [4.78, 5) is 12.1. The zero-order valence-electron chi connectivity index (χ0n) is 16.2. The molecule has 4 rings (SSSR count). The van der Waals surface area contributed by atoms with Gasteiger partial charge in [0, 0.05) is 12.5 Å². The third kappa shape index (κ3) is 3.09. The number of carbonyl (C=O) groups excluding carboxylic acids is 1. The van der Waals surface area contributed by atoms with Crippen molar-refractivity contribution in [2.24, 2.45) is 11.7 Å². The van der Waals surface area contributed by atoms with Crippen LogP contribution in [0.5, 0.6) is 0 Å². The highest BCUT2D eigenvalue weighted by Gasteiger charge is 2.45. The molecule has 0 saturated carbocycles. The van der Waals surface area contributed by atoms with E-state index < -0.39 is 20.5 Å². The molecule has 1 amide bonds. The minimum atomic E-state index is -3.07. The Bertz CT molecular complexity index is 1030. The monoisotopic (exact) mass is 398 g/mol. The summed E-state index contributed by atoms with van der Waals surface area (Å²) in [5, 5.41) is 3.37. The molecular weight excluding hydrogens is 372 g/mol. The van der Waals surface area contributed by atoms with Crippen LogP contribution in [-0.4, -0.2) is 31.4 Å². The highest BCUT2D eigenvalue weighted by atomic mass is 32.2. The summed E-state index contributed by atoms with van der Waals surface area (Å²) in [6.45, 7) is 4.36. The van der Waals surface area contributed by atoms with Crippen LogP contribution in [0.15, 0.2) is 42.5 Å². The molecule has 2 atom stereocenters. The van der Waals surface area contributed by atoms with Crippen molar-refractivity contribution < 1.29 is 13.2 Å². The van der Waals surface area contributed by atoms with Crippen molar-refractivity contribution in [1.82, 2.24) is 0 Å². The Labute approximate surface area is 166 Å². The first-order chi connectivity index (χ1) is 13.2. The molecule has 2 aromatic carbocycles. The molecule has 0 bridgehead atoms. The lowest BCUT2D eigenvalue weighted by Gasteiger charge is -2.37. The van der Waals surface area contributed by atoms with E-state index in [-0.39, 0.29) is 17.6 Å². The van der Waals surface area contributed by atoms with Crippen LogP contribution in [0.2, 0.25) is 0 Å². The molecule has 5 nitrogen and oxygen atoms in total. The van der Waals surface area contributed by atoms with Crippen molar-refractivity contribution in [3.8, 4) is 11.1 Å². The average Bonchev–Trinajstić information content (AvgIpc) is 3.07. The molecular formula is C22H26N2O3S. The Morgan fingerprint density at radius 3 is 2.50 bits per heavy atom. The highest BCUT2D eigenvalue weighted by Crippen LogP contribution is 2.47. The molecule has 0 radical (unpaired) electrons. The van der Waals surface area contributed by atoms with Gasteiger partial charge in [0.2, 0.25) is 0 Å². The fraction of sp³-hybridized carbons (Fsp3) is 0.409. The van der Waals surface area contributed by atoms with Crippen molar-refractivity contribution in [2.75, 3.05) is 17.6 Å². The van der Waals surface area contributed by atoms with Crippen molar-refractivity contribution in [3.63, 3.8) is 0 Å². The minimum Gasteiger partial charge on any atom is -0.384 e. The van der Waals surface area contributed by atoms with E-state index in [1.807, 2.05) is 50.2 Å². The number of nitrogens with one attached hydrogen (secondary N) is 1. The van der Waals surface area contributed by atoms with E-state index >= 15 is 0 Å². The van der Waals surface area contributed by atoms with E-state index in [9.17, 15) is 13.2 Å². The fourth-order valence-corrected chi connectivity index (χ4v) is 6.31. The molecule has 2 heterocycles. The van der Waals surface area contributed by atoms with Gasteiger partial charge < -0.3 is 11.1 Å². The van der Waals surface area contributed by atoms with Crippen molar-refractivity contribution >= 4 is 21.4 Å². The lowest BCUT2D eigenvalue weighted by molar-refractivity contribution is 0.100. The third-order valence-electron chi connectivity index (χ3n) is 6.36. The number of fused-ring (bicyclic) bond motifs is 1. The van der Waals surface area contributed by atoms with Crippen LogP contribution in [0.3, 0.4) is 0 Å². The van der Waals surface area contributed by atoms with Crippen LogP contribution in [0, 0.1) is 5.92 Å². The Kier molecular flexibility index (Phi) is 4.49. The van der Waals surface area contributed by atoms with Crippen molar-refractivity contribution in [3.05, 3.63) is 53.6 Å². The van der Waals surface area contributed by atoms with Gasteiger partial charge in [0.25, 0.3) is 5.91 Å². The normalized spacial score (nSPS) is 24.9. The molecule has 3 N–H and O–H groups in total. The number of nitrogens with two attached hydrogens (primary N) is 1. The van der Waals surface area contributed by atoms with Crippen LogP contribution < -0.4 is 11.1 Å². The van der Waals surface area contributed by atoms with Gasteiger partial charge >= 0.3 is 0 Å². The zero-order chi connectivity index (χ0) is 20.1. The van der Waals surface area contributed by atoms with Gasteiger partial charge in [-0.15, -0.1) is 0 Å². The number of amides is 1. The Balaban J connectivity index is 1.77. The Hall–Kier alpha value is -2.34. The molecule has 1 saturated heterocycles. The standard InChI is InChI=1S/C22H26N2O3S/c1-22(2)12-15(8-9-28(22,26)27)19-13-24-20-17(19)10-16(11-18(20)21(23)25)14-6-4-3-5-7-14/h3-7,10-11,15,19,24H,8-9,12-13H2,1-2H3,(H2,23,25). The number of sulfone groups is 1. The molecule has 0 aliphatic carbocycles. The summed E-state index contributed by atoms with van der Waals surface area (Å²) < 4.78 is 24.1. The van der Waals surface area contributed by atoms with Gasteiger partial charge in [0.15, 0.2) is 9.84 Å². The molecule has 2 unspecified atom stereocenters. The lowest BCUT2D eigenvalue weighted by atomic mass is 9.79. The van der Waals surface area contributed by atoms with Gasteiger partial charge in [-0.3, -0.25) is 4.79 Å². The van der Waals surface area contributed by atoms with Gasteiger partial charge in [0.1, 0.15) is 0 Å². The minimum absolute atomic E-state index is 0.173. The molecule has 1 fully saturated rings. The van der Waals surface area contributed by atoms with E-state index in [4.69, 9.17) is 5.73 Å². The second kappa shape index (κ2) is 6.62. The molecule has 28 heavy (non-hydrogen) atoms. The first-order valence-electron chi connectivity index (χ1n) is 9.69. The molecule has 2 aromatic rings. The summed E-state index contributed by atoms with van der Waals surface area (Å²) >= 11 is 0. The molecule has 148 valence electrons. The van der Waals surface area contributed by atoms with Gasteiger partial charge in [-0.1, -0.05) is 30.3 Å². The number of rotatable bonds is 3. The van der Waals surface area contributed by atoms with Gasteiger partial charge in [-0.2, -0.15) is 0 Å². The molecule has 6 heteroatoms. The predicted octanol–water partition coefficient (Wildman–Crippen LogP) is 3.57. The molecule has 0 aromatic heterocycles. The average molecular weight is 399 g/mol. The number of primary amides is 1. The predicted molar refractivity (Wildman–Crippen MR) is 112 cm³/mol. The summed E-state index contributed by atoms with van der Waals surface area (Å²) in [6.07, 6.45) is 1.28. The maximum Gasteiger partial charge on any atom is 0.250 e. The highest BCUT2D eigenvalue weighted by molar-refractivity contribution is 7.92. The van der Waals surface area contributed by atoms with Gasteiger partial charge in [0.05, 0.1) is 21.8 Å². The number of hydrogen-bond donors (Lipinski definition) is 2.